The molecule has 1 unspecified atom stereocenters. The molecule has 1 heterocycles. The molecule has 0 radical (unpaired) electrons. The molecule has 0 N–H and O–H groups in total. The van der Waals surface area contributed by atoms with Crippen LogP contribution in [-0.2, 0) is 0 Å². The van der Waals surface area contributed by atoms with E-state index in [9.17, 15) is 26.3 Å². The minimum Gasteiger partial charge on any atom is -0.170 e. The van der Waals surface area contributed by atoms with Gasteiger partial charge < -0.3 is 0 Å². The lowest BCUT2D eigenvalue weighted by Crippen LogP contribution is -2.39. The summed E-state index contributed by atoms with van der Waals surface area (Å²) in [7, 11) is 0. The summed E-state index contributed by atoms with van der Waals surface area (Å²) in [5.74, 6) is -3.46. The summed E-state index contributed by atoms with van der Waals surface area (Å²) in [4.78, 5) is -1.99. The third-order valence-electron chi connectivity index (χ3n) is 2.15. The van der Waals surface area contributed by atoms with Crippen molar-refractivity contribution >= 4 is 38.9 Å². The number of rotatable bonds is 2. The lowest BCUT2D eigenvalue weighted by atomic mass is 10.0. The van der Waals surface area contributed by atoms with Crippen LogP contribution in [0.15, 0.2) is 6.07 Å². The van der Waals surface area contributed by atoms with Crippen LogP contribution in [0.3, 0.4) is 0 Å². The molecule has 9 heteroatoms. The van der Waals surface area contributed by atoms with Crippen LogP contribution in [0.5, 0.6) is 0 Å². The predicted molar refractivity (Wildman–Crippen MR) is 61.3 cm³/mol. The molecule has 0 aliphatic rings. The van der Waals surface area contributed by atoms with Gasteiger partial charge in [0.15, 0.2) is 5.92 Å². The first kappa shape index (κ1) is 16.1. The molecule has 0 bridgehead atoms. The number of thiophene rings is 1. The Balaban J connectivity index is 3.15. The fourth-order valence-electron chi connectivity index (χ4n) is 1.30. The van der Waals surface area contributed by atoms with E-state index in [1.807, 2.05) is 0 Å². The second-order valence-corrected chi connectivity index (χ2v) is 6.24. The zero-order valence-electron chi connectivity index (χ0n) is 8.66. The van der Waals surface area contributed by atoms with Gasteiger partial charge in [0.1, 0.15) is 0 Å². The highest BCUT2D eigenvalue weighted by Crippen LogP contribution is 2.51. The first-order valence-corrected chi connectivity index (χ1v) is 6.59. The number of hydrogen-bond acceptors (Lipinski definition) is 1. The molecule has 0 saturated carbocycles. The third kappa shape index (κ3) is 3.54. The predicted octanol–water partition coefficient (Wildman–Crippen LogP) is 5.89. The van der Waals surface area contributed by atoms with E-state index < -0.39 is 23.1 Å². The van der Waals surface area contributed by atoms with E-state index in [-0.39, 0.29) is 9.21 Å². The second kappa shape index (κ2) is 5.20. The summed E-state index contributed by atoms with van der Waals surface area (Å²) in [6.07, 6.45) is -10.8. The van der Waals surface area contributed by atoms with Crippen molar-refractivity contribution in [3.8, 4) is 0 Å². The quantitative estimate of drug-likeness (QED) is 0.447. The van der Waals surface area contributed by atoms with Crippen molar-refractivity contribution in [1.82, 2.24) is 0 Å². The van der Waals surface area contributed by atoms with Gasteiger partial charge in [-0.05, 0) is 18.6 Å². The average molecular weight is 376 g/mol. The number of hydrogen-bond donors (Lipinski definition) is 0. The minimum absolute atomic E-state index is 0.0999. The van der Waals surface area contributed by atoms with E-state index >= 15 is 0 Å². The molecule has 1 aromatic rings. The van der Waals surface area contributed by atoms with Crippen molar-refractivity contribution in [3.05, 3.63) is 20.8 Å². The number of aryl methyl sites for hydroxylation is 1. The maximum atomic E-state index is 12.5. The molecule has 0 amide bonds. The van der Waals surface area contributed by atoms with Crippen LogP contribution >= 0.6 is 38.9 Å². The summed E-state index contributed by atoms with van der Waals surface area (Å²) in [6.45, 7) is 1.51. The van der Waals surface area contributed by atoms with Crippen molar-refractivity contribution < 1.29 is 26.3 Å². The highest BCUT2D eigenvalue weighted by molar-refractivity contribution is 9.09. The standard InChI is InChI=1S/C9H6BrClF6S/c1-3-2-4(18-7(3)11)5(10)6(8(12,13)14)9(15,16)17/h2,5-6H,1H3. The lowest BCUT2D eigenvalue weighted by Gasteiger charge is -2.26. The van der Waals surface area contributed by atoms with Crippen molar-refractivity contribution in [2.24, 2.45) is 5.92 Å². The van der Waals surface area contributed by atoms with Crippen LogP contribution < -0.4 is 0 Å². The zero-order chi connectivity index (χ0) is 14.3. The van der Waals surface area contributed by atoms with E-state index in [4.69, 9.17) is 11.6 Å². The Hall–Kier alpha value is 0.0500. The van der Waals surface area contributed by atoms with Gasteiger partial charge >= 0.3 is 12.4 Å². The van der Waals surface area contributed by atoms with Crippen molar-refractivity contribution in [3.63, 3.8) is 0 Å². The topological polar surface area (TPSA) is 0 Å². The summed E-state index contributed by atoms with van der Waals surface area (Å²) < 4.78 is 75.1. The van der Waals surface area contributed by atoms with E-state index in [0.717, 1.165) is 0 Å². The first-order chi connectivity index (χ1) is 7.94. The Bertz CT molecular complexity index is 390. The Morgan fingerprint density at radius 3 is 1.89 bits per heavy atom. The molecule has 0 nitrogen and oxygen atoms in total. The van der Waals surface area contributed by atoms with E-state index in [1.54, 1.807) is 0 Å². The minimum atomic E-state index is -5.38. The van der Waals surface area contributed by atoms with Gasteiger partial charge in [-0.2, -0.15) is 26.3 Å². The maximum absolute atomic E-state index is 12.5. The van der Waals surface area contributed by atoms with Gasteiger partial charge in [0.05, 0.1) is 9.16 Å². The van der Waals surface area contributed by atoms with Crippen LogP contribution in [0.2, 0.25) is 4.34 Å². The summed E-state index contributed by atoms with van der Waals surface area (Å²) in [5, 5.41) is 0. The van der Waals surface area contributed by atoms with E-state index in [1.165, 1.54) is 13.0 Å². The van der Waals surface area contributed by atoms with Gasteiger partial charge in [-0.15, -0.1) is 11.3 Å². The average Bonchev–Trinajstić information content (AvgIpc) is 2.41. The van der Waals surface area contributed by atoms with Gasteiger partial charge in [-0.3, -0.25) is 0 Å². The first-order valence-electron chi connectivity index (χ1n) is 4.48. The Morgan fingerprint density at radius 1 is 1.17 bits per heavy atom. The summed E-state index contributed by atoms with van der Waals surface area (Å²) in [6, 6.07) is 1.22. The van der Waals surface area contributed by atoms with Crippen molar-refractivity contribution in [2.45, 2.75) is 24.1 Å². The Labute approximate surface area is 116 Å². The molecule has 104 valence electrons. The molecular formula is C9H6BrClF6S. The highest BCUT2D eigenvalue weighted by atomic mass is 79.9. The highest BCUT2D eigenvalue weighted by Gasteiger charge is 2.60. The van der Waals surface area contributed by atoms with Crippen LogP contribution in [0, 0.1) is 12.8 Å². The Morgan fingerprint density at radius 2 is 1.61 bits per heavy atom. The van der Waals surface area contributed by atoms with E-state index in [2.05, 4.69) is 15.9 Å². The van der Waals surface area contributed by atoms with Crippen LogP contribution in [0.25, 0.3) is 0 Å². The van der Waals surface area contributed by atoms with Gasteiger partial charge in [0.2, 0.25) is 0 Å². The molecule has 0 saturated heterocycles. The molecular weight excluding hydrogens is 370 g/mol. The fraction of sp³-hybridized carbons (Fsp3) is 0.556. The van der Waals surface area contributed by atoms with E-state index in [0.29, 0.717) is 16.9 Å². The third-order valence-corrected chi connectivity index (χ3v) is 5.11. The van der Waals surface area contributed by atoms with Gasteiger partial charge in [-0.1, -0.05) is 27.5 Å². The monoisotopic (exact) mass is 374 g/mol. The van der Waals surface area contributed by atoms with Gasteiger partial charge in [-0.25, -0.2) is 0 Å². The maximum Gasteiger partial charge on any atom is 0.401 e. The number of halogens is 8. The number of alkyl halides is 7. The lowest BCUT2D eigenvalue weighted by molar-refractivity contribution is -0.283. The summed E-state index contributed by atoms with van der Waals surface area (Å²) in [5.41, 5.74) is 0.448. The zero-order valence-corrected chi connectivity index (χ0v) is 11.8. The van der Waals surface area contributed by atoms with Crippen LogP contribution in [0.4, 0.5) is 26.3 Å². The Kier molecular flexibility index (Phi) is 4.66. The molecule has 1 aromatic heterocycles. The van der Waals surface area contributed by atoms with Crippen molar-refractivity contribution in [2.75, 3.05) is 0 Å². The summed E-state index contributed by atoms with van der Waals surface area (Å²) >= 11 is 8.83. The molecule has 0 spiro atoms. The molecule has 18 heavy (non-hydrogen) atoms. The molecule has 1 atom stereocenters. The van der Waals surface area contributed by atoms with Crippen LogP contribution in [-0.4, -0.2) is 12.4 Å². The molecule has 0 fully saturated rings. The fourth-order valence-corrected chi connectivity index (χ4v) is 3.55. The van der Waals surface area contributed by atoms with Crippen LogP contribution in [0.1, 0.15) is 15.3 Å². The SMILES string of the molecule is Cc1cc(C(Br)C(C(F)(F)F)C(F)(F)F)sc1Cl. The molecule has 0 aliphatic carbocycles. The van der Waals surface area contributed by atoms with Gasteiger partial charge in [0, 0.05) is 4.88 Å². The molecule has 0 aliphatic heterocycles. The molecule has 1 rings (SSSR count). The largest absolute Gasteiger partial charge is 0.401 e. The normalized spacial score (nSPS) is 15.2. The smallest absolute Gasteiger partial charge is 0.170 e. The molecule has 0 aromatic carbocycles. The van der Waals surface area contributed by atoms with Crippen molar-refractivity contribution in [1.29, 1.82) is 0 Å². The van der Waals surface area contributed by atoms with Gasteiger partial charge in [0.25, 0.3) is 0 Å². The second-order valence-electron chi connectivity index (χ2n) is 3.57.